The minimum absolute atomic E-state index is 0.211. The number of phenols is 1. The van der Waals surface area contributed by atoms with Gasteiger partial charge in [0.15, 0.2) is 0 Å². The second-order valence-electron chi connectivity index (χ2n) is 4.48. The molecule has 19 heavy (non-hydrogen) atoms. The van der Waals surface area contributed by atoms with Crippen molar-refractivity contribution in [2.24, 2.45) is 0 Å². The van der Waals surface area contributed by atoms with Crippen molar-refractivity contribution in [3.8, 4) is 11.7 Å². The number of carbonyl (C=O) groups is 1. The summed E-state index contributed by atoms with van der Waals surface area (Å²) < 4.78 is 9.94. The molecular formula is C15H16O4. The Bertz CT molecular complexity index is 547. The summed E-state index contributed by atoms with van der Waals surface area (Å²) in [4.78, 5) is 11.6. The molecule has 4 nitrogen and oxygen atoms in total. The third-order valence-corrected chi connectivity index (χ3v) is 2.88. The van der Waals surface area contributed by atoms with Crippen LogP contribution in [0.2, 0.25) is 0 Å². The van der Waals surface area contributed by atoms with E-state index in [0.29, 0.717) is 12.2 Å². The fourth-order valence-electron chi connectivity index (χ4n) is 1.92. The predicted molar refractivity (Wildman–Crippen MR) is 70.2 cm³/mol. The van der Waals surface area contributed by atoms with Gasteiger partial charge in [-0.2, -0.15) is 0 Å². The van der Waals surface area contributed by atoms with Gasteiger partial charge in [0.1, 0.15) is 5.75 Å². The number of furan rings is 1. The molecule has 0 aliphatic carbocycles. The average molecular weight is 260 g/mol. The summed E-state index contributed by atoms with van der Waals surface area (Å²) in [5.74, 6) is 0.184. The molecule has 1 N–H and O–H groups in total. The highest BCUT2D eigenvalue weighted by Gasteiger charge is 2.09. The van der Waals surface area contributed by atoms with E-state index in [0.717, 1.165) is 16.7 Å². The third-order valence-electron chi connectivity index (χ3n) is 2.88. The van der Waals surface area contributed by atoms with Crippen LogP contribution in [0.4, 0.5) is 0 Å². The number of hydrogen-bond donors (Lipinski definition) is 1. The Balaban J connectivity index is 1.93. The van der Waals surface area contributed by atoms with Crippen LogP contribution in [0.15, 0.2) is 34.9 Å². The molecule has 0 fully saturated rings. The van der Waals surface area contributed by atoms with Gasteiger partial charge in [-0.15, -0.1) is 0 Å². The number of carbonyl (C=O) groups excluding carboxylic acids is 1. The number of aromatic hydroxyl groups is 1. The Labute approximate surface area is 111 Å². The van der Waals surface area contributed by atoms with Crippen LogP contribution in [0, 0.1) is 13.8 Å². The molecule has 0 saturated carbocycles. The quantitative estimate of drug-likeness (QED) is 0.858. The molecule has 1 heterocycles. The van der Waals surface area contributed by atoms with Crippen LogP contribution < -0.4 is 4.74 Å². The van der Waals surface area contributed by atoms with E-state index in [4.69, 9.17) is 9.15 Å². The maximum absolute atomic E-state index is 11.6. The molecule has 100 valence electrons. The summed E-state index contributed by atoms with van der Waals surface area (Å²) in [7, 11) is 0. The van der Waals surface area contributed by atoms with Crippen molar-refractivity contribution in [3.05, 3.63) is 47.2 Å². The van der Waals surface area contributed by atoms with Crippen LogP contribution in [0.1, 0.15) is 23.1 Å². The van der Waals surface area contributed by atoms with E-state index >= 15 is 0 Å². The molecule has 0 aliphatic rings. The number of ether oxygens (including phenoxy) is 1. The topological polar surface area (TPSA) is 59.7 Å². The van der Waals surface area contributed by atoms with Crippen LogP contribution in [-0.4, -0.2) is 11.1 Å². The van der Waals surface area contributed by atoms with E-state index in [1.807, 2.05) is 26.0 Å². The van der Waals surface area contributed by atoms with Crippen molar-refractivity contribution in [3.63, 3.8) is 0 Å². The highest BCUT2D eigenvalue weighted by Crippen LogP contribution is 2.23. The first-order valence-electron chi connectivity index (χ1n) is 6.09. The molecule has 0 bridgehead atoms. The minimum atomic E-state index is -0.335. The normalized spacial score (nSPS) is 10.4. The van der Waals surface area contributed by atoms with Gasteiger partial charge in [0.05, 0.1) is 12.7 Å². The molecule has 0 radical (unpaired) electrons. The van der Waals surface area contributed by atoms with Crippen molar-refractivity contribution in [2.45, 2.75) is 26.7 Å². The Morgan fingerprint density at radius 1 is 1.32 bits per heavy atom. The van der Waals surface area contributed by atoms with Gasteiger partial charge in [-0.1, -0.05) is 12.1 Å². The van der Waals surface area contributed by atoms with Gasteiger partial charge in [-0.05, 0) is 43.0 Å². The molecule has 0 amide bonds. The van der Waals surface area contributed by atoms with Crippen LogP contribution in [-0.2, 0) is 11.2 Å². The first-order chi connectivity index (χ1) is 9.06. The Morgan fingerprint density at radius 2 is 2.00 bits per heavy atom. The minimum Gasteiger partial charge on any atom is -0.507 e. The maximum atomic E-state index is 11.6. The summed E-state index contributed by atoms with van der Waals surface area (Å²) in [5.41, 5.74) is 2.63. The smallest absolute Gasteiger partial charge is 0.313 e. The van der Waals surface area contributed by atoms with Crippen LogP contribution in [0.25, 0.3) is 0 Å². The predicted octanol–water partition coefficient (Wildman–Crippen LogP) is 3.14. The van der Waals surface area contributed by atoms with E-state index in [-0.39, 0.29) is 18.3 Å². The molecule has 0 atom stereocenters. The molecule has 4 heteroatoms. The molecule has 2 aromatic rings. The van der Waals surface area contributed by atoms with E-state index in [1.165, 1.54) is 6.26 Å². The van der Waals surface area contributed by atoms with Gasteiger partial charge in [0.2, 0.25) is 0 Å². The molecule has 1 aromatic carbocycles. The van der Waals surface area contributed by atoms with Crippen molar-refractivity contribution in [1.29, 1.82) is 0 Å². The second-order valence-corrected chi connectivity index (χ2v) is 4.48. The monoisotopic (exact) mass is 260 g/mol. The molecule has 0 saturated heterocycles. The molecular weight excluding hydrogens is 244 g/mol. The largest absolute Gasteiger partial charge is 0.507 e. The number of benzene rings is 1. The maximum Gasteiger partial charge on any atom is 0.313 e. The summed E-state index contributed by atoms with van der Waals surface area (Å²) in [6.07, 6.45) is 2.29. The lowest BCUT2D eigenvalue weighted by atomic mass is 10.0. The van der Waals surface area contributed by atoms with Crippen LogP contribution in [0.3, 0.4) is 0 Å². The number of rotatable bonds is 4. The molecule has 0 unspecified atom stereocenters. The first kappa shape index (κ1) is 13.2. The van der Waals surface area contributed by atoms with Crippen molar-refractivity contribution < 1.29 is 19.1 Å². The highest BCUT2D eigenvalue weighted by atomic mass is 16.6. The Kier molecular flexibility index (Phi) is 3.90. The molecule has 0 aliphatic heterocycles. The average Bonchev–Trinajstić information content (AvgIpc) is 2.86. The van der Waals surface area contributed by atoms with Crippen molar-refractivity contribution in [2.75, 3.05) is 0 Å². The Hall–Kier alpha value is -2.23. The highest BCUT2D eigenvalue weighted by molar-refractivity contribution is 5.72. The van der Waals surface area contributed by atoms with Crippen molar-refractivity contribution in [1.82, 2.24) is 0 Å². The van der Waals surface area contributed by atoms with Gasteiger partial charge in [0.25, 0.3) is 5.95 Å². The van der Waals surface area contributed by atoms with Gasteiger partial charge in [-0.25, -0.2) is 0 Å². The van der Waals surface area contributed by atoms with Gasteiger partial charge >= 0.3 is 5.97 Å². The van der Waals surface area contributed by atoms with E-state index in [1.54, 1.807) is 12.1 Å². The fourth-order valence-corrected chi connectivity index (χ4v) is 1.92. The van der Waals surface area contributed by atoms with E-state index in [9.17, 15) is 9.90 Å². The van der Waals surface area contributed by atoms with Crippen molar-refractivity contribution >= 4 is 5.97 Å². The molecule has 1 aromatic heterocycles. The molecule has 0 spiro atoms. The lowest BCUT2D eigenvalue weighted by Crippen LogP contribution is -2.08. The standard InChI is InChI=1S/C15H16O4/c1-10-8-12(9-11(2)15(10)17)5-6-13(16)19-14-4-3-7-18-14/h3-4,7-9,17H,5-6H2,1-2H3. The zero-order valence-corrected chi connectivity index (χ0v) is 11.0. The summed E-state index contributed by atoms with van der Waals surface area (Å²) in [6, 6.07) is 7.01. The summed E-state index contributed by atoms with van der Waals surface area (Å²) in [5, 5.41) is 9.68. The number of phenolic OH excluding ortho intramolecular Hbond substituents is 1. The lowest BCUT2D eigenvalue weighted by molar-refractivity contribution is -0.135. The van der Waals surface area contributed by atoms with E-state index < -0.39 is 0 Å². The zero-order chi connectivity index (χ0) is 13.8. The summed E-state index contributed by atoms with van der Waals surface area (Å²) in [6.45, 7) is 3.68. The number of esters is 1. The SMILES string of the molecule is Cc1cc(CCC(=O)Oc2ccco2)cc(C)c1O. The van der Waals surface area contributed by atoms with Crippen LogP contribution >= 0.6 is 0 Å². The summed E-state index contributed by atoms with van der Waals surface area (Å²) >= 11 is 0. The first-order valence-corrected chi connectivity index (χ1v) is 6.09. The Morgan fingerprint density at radius 3 is 2.58 bits per heavy atom. The second kappa shape index (κ2) is 5.61. The third kappa shape index (κ3) is 3.37. The van der Waals surface area contributed by atoms with Gasteiger partial charge in [-0.3, -0.25) is 4.79 Å². The van der Waals surface area contributed by atoms with Gasteiger partial charge in [0, 0.05) is 6.07 Å². The lowest BCUT2D eigenvalue weighted by Gasteiger charge is -2.07. The fraction of sp³-hybridized carbons (Fsp3) is 0.267. The number of aryl methyl sites for hydroxylation is 3. The number of hydrogen-bond acceptors (Lipinski definition) is 4. The zero-order valence-electron chi connectivity index (χ0n) is 11.0. The molecule has 2 rings (SSSR count). The van der Waals surface area contributed by atoms with E-state index in [2.05, 4.69) is 0 Å². The van der Waals surface area contributed by atoms with Gasteiger partial charge < -0.3 is 14.3 Å². The van der Waals surface area contributed by atoms with Crippen LogP contribution in [0.5, 0.6) is 11.7 Å².